The molecule has 4 rings (SSSR count). The molecule has 0 spiro atoms. The first kappa shape index (κ1) is 15.0. The van der Waals surface area contributed by atoms with Gasteiger partial charge < -0.3 is 9.64 Å². The number of fused-ring (bicyclic) bond motifs is 1. The van der Waals surface area contributed by atoms with Crippen molar-refractivity contribution in [2.75, 3.05) is 32.8 Å². The van der Waals surface area contributed by atoms with Gasteiger partial charge in [-0.3, -0.25) is 9.69 Å². The molecule has 1 atom stereocenters. The fraction of sp³-hybridized carbons (Fsp3) is 0.632. The van der Waals surface area contributed by atoms with E-state index in [1.54, 1.807) is 0 Å². The zero-order valence-electron chi connectivity index (χ0n) is 14.0. The van der Waals surface area contributed by atoms with E-state index in [1.807, 2.05) is 6.92 Å². The van der Waals surface area contributed by atoms with Crippen LogP contribution < -0.4 is 4.74 Å². The first-order valence-corrected chi connectivity index (χ1v) is 9.04. The minimum atomic E-state index is 0.350. The topological polar surface area (TPSA) is 32.8 Å². The second-order valence-corrected chi connectivity index (χ2v) is 6.98. The van der Waals surface area contributed by atoms with Gasteiger partial charge in [-0.2, -0.15) is 0 Å². The van der Waals surface area contributed by atoms with Crippen molar-refractivity contribution < 1.29 is 9.53 Å². The van der Waals surface area contributed by atoms with Crippen LogP contribution in [0.4, 0.5) is 0 Å². The Bertz CT molecular complexity index is 589. The second kappa shape index (κ2) is 6.16. The van der Waals surface area contributed by atoms with Crippen LogP contribution in [0.25, 0.3) is 0 Å². The molecule has 1 aliphatic heterocycles. The maximum atomic E-state index is 12.2. The maximum Gasteiger partial charge on any atom is 0.225 e. The summed E-state index contributed by atoms with van der Waals surface area (Å²) < 4.78 is 5.68. The predicted molar refractivity (Wildman–Crippen MR) is 89.6 cm³/mol. The number of amides is 1. The van der Waals surface area contributed by atoms with Crippen molar-refractivity contribution in [3.8, 4) is 5.75 Å². The fourth-order valence-electron chi connectivity index (χ4n) is 4.04. The Morgan fingerprint density at radius 3 is 2.65 bits per heavy atom. The largest absolute Gasteiger partial charge is 0.494 e. The standard InChI is InChI=1S/C19H26N2O2/c1-2-23-16-7-5-14-6-8-18(17(14)13-16)20-9-11-21(12-10-20)19(22)15-3-4-15/h5,7,13,15,18H,2-4,6,8-12H2,1H3. The van der Waals surface area contributed by atoms with Gasteiger partial charge in [0.05, 0.1) is 6.61 Å². The Morgan fingerprint density at radius 1 is 1.17 bits per heavy atom. The molecule has 1 amide bonds. The Morgan fingerprint density at radius 2 is 1.96 bits per heavy atom. The Labute approximate surface area is 138 Å². The zero-order chi connectivity index (χ0) is 15.8. The van der Waals surface area contributed by atoms with Crippen molar-refractivity contribution >= 4 is 5.91 Å². The molecule has 3 aliphatic rings. The molecule has 1 aromatic carbocycles. The van der Waals surface area contributed by atoms with Crippen molar-refractivity contribution in [2.45, 2.75) is 38.6 Å². The summed E-state index contributed by atoms with van der Waals surface area (Å²) in [6, 6.07) is 7.06. The third kappa shape index (κ3) is 2.97. The van der Waals surface area contributed by atoms with Crippen molar-refractivity contribution in [1.29, 1.82) is 0 Å². The van der Waals surface area contributed by atoms with Gasteiger partial charge in [0.2, 0.25) is 5.91 Å². The third-order valence-corrected chi connectivity index (χ3v) is 5.47. The minimum absolute atomic E-state index is 0.350. The van der Waals surface area contributed by atoms with E-state index < -0.39 is 0 Å². The van der Waals surface area contributed by atoms with Gasteiger partial charge in [0, 0.05) is 38.1 Å². The van der Waals surface area contributed by atoms with Crippen LogP contribution >= 0.6 is 0 Å². The Hall–Kier alpha value is -1.55. The van der Waals surface area contributed by atoms with Crippen LogP contribution in [-0.2, 0) is 11.2 Å². The molecular formula is C19H26N2O2. The Kier molecular flexibility index (Phi) is 4.02. The van der Waals surface area contributed by atoms with Gasteiger partial charge in [-0.1, -0.05) is 6.07 Å². The molecule has 1 saturated heterocycles. The summed E-state index contributed by atoms with van der Waals surface area (Å²) in [4.78, 5) is 16.8. The van der Waals surface area contributed by atoms with Gasteiger partial charge in [-0.25, -0.2) is 0 Å². The molecule has 2 fully saturated rings. The fourth-order valence-corrected chi connectivity index (χ4v) is 4.04. The molecule has 23 heavy (non-hydrogen) atoms. The highest BCUT2D eigenvalue weighted by atomic mass is 16.5. The summed E-state index contributed by atoms with van der Waals surface area (Å²) in [5, 5.41) is 0. The number of nitrogens with zero attached hydrogens (tertiary/aromatic N) is 2. The van der Waals surface area contributed by atoms with Crippen molar-refractivity contribution in [1.82, 2.24) is 9.80 Å². The van der Waals surface area contributed by atoms with Crippen LogP contribution in [0.2, 0.25) is 0 Å². The molecule has 4 nitrogen and oxygen atoms in total. The lowest BCUT2D eigenvalue weighted by Gasteiger charge is -2.38. The van der Waals surface area contributed by atoms with Crippen molar-refractivity contribution in [2.24, 2.45) is 5.92 Å². The van der Waals surface area contributed by atoms with Crippen LogP contribution in [0.15, 0.2) is 18.2 Å². The van der Waals surface area contributed by atoms with Crippen molar-refractivity contribution in [3.05, 3.63) is 29.3 Å². The minimum Gasteiger partial charge on any atom is -0.494 e. The van der Waals surface area contributed by atoms with Gasteiger partial charge >= 0.3 is 0 Å². The molecule has 0 bridgehead atoms. The van der Waals surface area contributed by atoms with Gasteiger partial charge in [-0.05, 0) is 55.9 Å². The van der Waals surface area contributed by atoms with E-state index in [-0.39, 0.29) is 0 Å². The molecule has 1 aromatic rings. The average Bonchev–Trinajstić information content (AvgIpc) is 3.35. The molecule has 1 unspecified atom stereocenters. The van der Waals surface area contributed by atoms with Crippen LogP contribution in [0.5, 0.6) is 5.75 Å². The summed E-state index contributed by atoms with van der Waals surface area (Å²) in [5.41, 5.74) is 2.91. The van der Waals surface area contributed by atoms with Gasteiger partial charge in [0.25, 0.3) is 0 Å². The summed E-state index contributed by atoms with van der Waals surface area (Å²) >= 11 is 0. The molecular weight excluding hydrogens is 288 g/mol. The van der Waals surface area contributed by atoms with E-state index in [2.05, 4.69) is 28.0 Å². The van der Waals surface area contributed by atoms with Crippen LogP contribution in [0.3, 0.4) is 0 Å². The first-order valence-electron chi connectivity index (χ1n) is 9.04. The SMILES string of the molecule is CCOc1ccc2c(c1)C(N1CCN(C(=O)C3CC3)CC1)CC2. The summed E-state index contributed by atoms with van der Waals surface area (Å²) in [6.45, 7) is 6.54. The first-order chi connectivity index (χ1) is 11.3. The number of aryl methyl sites for hydroxylation is 1. The smallest absolute Gasteiger partial charge is 0.225 e. The van der Waals surface area contributed by atoms with Gasteiger partial charge in [0.1, 0.15) is 5.75 Å². The highest BCUT2D eigenvalue weighted by Crippen LogP contribution is 2.38. The number of benzene rings is 1. The highest BCUT2D eigenvalue weighted by molar-refractivity contribution is 5.81. The molecule has 124 valence electrons. The number of piperazine rings is 1. The predicted octanol–water partition coefficient (Wildman–Crippen LogP) is 2.63. The third-order valence-electron chi connectivity index (χ3n) is 5.47. The summed E-state index contributed by atoms with van der Waals surface area (Å²) in [5.74, 6) is 1.73. The van der Waals surface area contributed by atoms with Crippen LogP contribution in [-0.4, -0.2) is 48.5 Å². The number of ether oxygens (including phenoxy) is 1. The molecule has 1 saturated carbocycles. The highest BCUT2D eigenvalue weighted by Gasteiger charge is 2.36. The van der Waals surface area contributed by atoms with Gasteiger partial charge in [0.15, 0.2) is 0 Å². The number of carbonyl (C=O) groups is 1. The Balaban J connectivity index is 1.42. The molecule has 0 N–H and O–H groups in total. The number of rotatable bonds is 4. The summed E-state index contributed by atoms with van der Waals surface area (Å²) in [6.07, 6.45) is 4.57. The molecule has 2 aliphatic carbocycles. The van der Waals surface area contributed by atoms with Gasteiger partial charge in [-0.15, -0.1) is 0 Å². The van der Waals surface area contributed by atoms with E-state index >= 15 is 0 Å². The van der Waals surface area contributed by atoms with Crippen LogP contribution in [0, 0.1) is 5.92 Å². The van der Waals surface area contributed by atoms with E-state index in [0.29, 0.717) is 24.5 Å². The van der Waals surface area contributed by atoms with E-state index in [9.17, 15) is 4.79 Å². The lowest BCUT2D eigenvalue weighted by Crippen LogP contribution is -2.49. The molecule has 0 aromatic heterocycles. The monoisotopic (exact) mass is 314 g/mol. The van der Waals surface area contributed by atoms with E-state index in [1.165, 1.54) is 17.5 Å². The number of carbonyl (C=O) groups excluding carboxylic acids is 1. The maximum absolute atomic E-state index is 12.2. The number of hydrogen-bond acceptors (Lipinski definition) is 3. The molecule has 4 heteroatoms. The number of hydrogen-bond donors (Lipinski definition) is 0. The van der Waals surface area contributed by atoms with E-state index in [4.69, 9.17) is 4.74 Å². The van der Waals surface area contributed by atoms with Crippen LogP contribution in [0.1, 0.15) is 43.4 Å². The van der Waals surface area contributed by atoms with E-state index in [0.717, 1.165) is 51.2 Å². The lowest BCUT2D eigenvalue weighted by atomic mass is 10.1. The molecule has 0 radical (unpaired) electrons. The zero-order valence-corrected chi connectivity index (χ0v) is 14.0. The summed E-state index contributed by atoms with van der Waals surface area (Å²) in [7, 11) is 0. The van der Waals surface area contributed by atoms with Crippen molar-refractivity contribution in [3.63, 3.8) is 0 Å². The normalized spacial score (nSPS) is 24.6. The second-order valence-electron chi connectivity index (χ2n) is 6.98. The lowest BCUT2D eigenvalue weighted by molar-refractivity contribution is -0.134. The average molecular weight is 314 g/mol. The quantitative estimate of drug-likeness (QED) is 0.856. The molecule has 1 heterocycles.